The minimum atomic E-state index is -0.403. The summed E-state index contributed by atoms with van der Waals surface area (Å²) in [6.07, 6.45) is -0.403. The zero-order chi connectivity index (χ0) is 15.9. The molecule has 0 aliphatic rings. The molecule has 0 aliphatic carbocycles. The van der Waals surface area contributed by atoms with Crippen molar-refractivity contribution in [3.63, 3.8) is 0 Å². The maximum atomic E-state index is 10.6. The van der Waals surface area contributed by atoms with Gasteiger partial charge in [0.05, 0.1) is 6.10 Å². The lowest BCUT2D eigenvalue weighted by Gasteiger charge is -2.29. The highest BCUT2D eigenvalue weighted by molar-refractivity contribution is 5.50. The monoisotopic (exact) mass is 278 g/mol. The van der Waals surface area contributed by atoms with E-state index in [1.165, 1.54) is 0 Å². The Balaban J connectivity index is 3.59. The van der Waals surface area contributed by atoms with E-state index in [2.05, 4.69) is 41.5 Å². The molecule has 0 spiro atoms. The van der Waals surface area contributed by atoms with Gasteiger partial charge in [-0.25, -0.2) is 0 Å². The molecule has 0 bridgehead atoms. The lowest BCUT2D eigenvalue weighted by atomic mass is 9.77. The molecule has 2 atom stereocenters. The van der Waals surface area contributed by atoms with Crippen LogP contribution >= 0.6 is 0 Å². The minimum absolute atomic E-state index is 0.0535. The Kier molecular flexibility index (Phi) is 4.60. The van der Waals surface area contributed by atoms with Crippen LogP contribution in [0.2, 0.25) is 0 Å². The highest BCUT2D eigenvalue weighted by Crippen LogP contribution is 2.41. The molecule has 0 saturated heterocycles. The summed E-state index contributed by atoms with van der Waals surface area (Å²) in [6, 6.07) is 4.09. The van der Waals surface area contributed by atoms with Crippen molar-refractivity contribution in [2.45, 2.75) is 78.2 Å². The third-order valence-electron chi connectivity index (χ3n) is 4.00. The average molecular weight is 278 g/mol. The third-order valence-corrected chi connectivity index (χ3v) is 4.00. The largest absolute Gasteiger partial charge is 0.507 e. The molecule has 1 rings (SSSR count). The maximum Gasteiger partial charge on any atom is 0.123 e. The van der Waals surface area contributed by atoms with Crippen molar-refractivity contribution in [3.8, 4) is 5.75 Å². The number of phenolic OH excluding ortho intramolecular Hbond substituents is 1. The van der Waals surface area contributed by atoms with E-state index in [0.717, 1.165) is 16.7 Å². The van der Waals surface area contributed by atoms with E-state index in [4.69, 9.17) is 0 Å². The Morgan fingerprint density at radius 2 is 1.20 bits per heavy atom. The predicted molar refractivity (Wildman–Crippen MR) is 85.6 cm³/mol. The van der Waals surface area contributed by atoms with Gasteiger partial charge in [-0.05, 0) is 34.4 Å². The van der Waals surface area contributed by atoms with Crippen LogP contribution in [0.15, 0.2) is 12.1 Å². The second-order valence-electron chi connectivity index (χ2n) is 7.99. The van der Waals surface area contributed by atoms with E-state index in [-0.39, 0.29) is 16.7 Å². The van der Waals surface area contributed by atoms with Crippen LogP contribution in [0.25, 0.3) is 0 Å². The summed E-state index contributed by atoms with van der Waals surface area (Å²) in [7, 11) is 0. The van der Waals surface area contributed by atoms with Crippen LogP contribution in [0, 0.1) is 0 Å². The van der Waals surface area contributed by atoms with Crippen molar-refractivity contribution in [1.29, 1.82) is 0 Å². The molecule has 2 heteroatoms. The maximum absolute atomic E-state index is 10.6. The molecule has 0 aromatic heterocycles. The second-order valence-corrected chi connectivity index (χ2v) is 7.99. The van der Waals surface area contributed by atoms with E-state index < -0.39 is 6.10 Å². The number of aromatic hydroxyl groups is 1. The van der Waals surface area contributed by atoms with E-state index >= 15 is 0 Å². The Hall–Kier alpha value is -1.02. The van der Waals surface area contributed by atoms with Gasteiger partial charge in [-0.3, -0.25) is 0 Å². The lowest BCUT2D eigenvalue weighted by Crippen LogP contribution is -2.20. The van der Waals surface area contributed by atoms with Crippen LogP contribution in [0.5, 0.6) is 5.75 Å². The summed E-state index contributed by atoms with van der Waals surface area (Å²) in [6.45, 7) is 16.4. The molecule has 0 heterocycles. The van der Waals surface area contributed by atoms with Gasteiger partial charge in [0.1, 0.15) is 5.75 Å². The van der Waals surface area contributed by atoms with Crippen LogP contribution in [-0.2, 0) is 10.8 Å². The number of hydrogen-bond donors (Lipinski definition) is 2. The average Bonchev–Trinajstić information content (AvgIpc) is 2.24. The summed E-state index contributed by atoms with van der Waals surface area (Å²) in [5.41, 5.74) is 2.74. The van der Waals surface area contributed by atoms with Crippen molar-refractivity contribution in [1.82, 2.24) is 0 Å². The summed E-state index contributed by atoms with van der Waals surface area (Å²) in [5.74, 6) is 0.448. The molecule has 0 radical (unpaired) electrons. The first-order valence-electron chi connectivity index (χ1n) is 7.41. The third kappa shape index (κ3) is 3.54. The number of hydrogen-bond acceptors (Lipinski definition) is 2. The molecule has 2 nitrogen and oxygen atoms in total. The molecule has 2 N–H and O–H groups in total. The van der Waals surface area contributed by atoms with Gasteiger partial charge in [-0.2, -0.15) is 0 Å². The molecule has 20 heavy (non-hydrogen) atoms. The summed E-state index contributed by atoms with van der Waals surface area (Å²) >= 11 is 0. The fourth-order valence-electron chi connectivity index (χ4n) is 2.34. The first-order chi connectivity index (χ1) is 8.85. The number of aliphatic hydroxyl groups excluding tert-OH is 1. The first-order valence-corrected chi connectivity index (χ1v) is 7.41. The zero-order valence-electron chi connectivity index (χ0n) is 14.2. The predicted octanol–water partition coefficient (Wildman–Crippen LogP) is 4.47. The zero-order valence-corrected chi connectivity index (χ0v) is 14.2. The number of aliphatic hydroxyl groups is 1. The number of phenols is 1. The van der Waals surface area contributed by atoms with Gasteiger partial charge in [-0.15, -0.1) is 0 Å². The van der Waals surface area contributed by atoms with E-state index in [9.17, 15) is 10.2 Å². The van der Waals surface area contributed by atoms with Crippen molar-refractivity contribution >= 4 is 0 Å². The molecule has 1 aromatic carbocycles. The second kappa shape index (κ2) is 5.40. The molecule has 114 valence electrons. The Bertz CT molecular complexity index is 438. The fourth-order valence-corrected chi connectivity index (χ4v) is 2.34. The Morgan fingerprint density at radius 1 is 0.850 bits per heavy atom. The summed E-state index contributed by atoms with van der Waals surface area (Å²) < 4.78 is 0. The van der Waals surface area contributed by atoms with Crippen molar-refractivity contribution < 1.29 is 10.2 Å². The standard InChI is InChI=1S/C18H30O2/c1-11(12(2)19)13-9-14(17(3,4)5)16(20)15(10-13)18(6,7)8/h9-12,19-20H,1-8H3. The SMILES string of the molecule is CC(O)C(C)c1cc(C(C)(C)C)c(O)c(C(C)(C)C)c1. The van der Waals surface area contributed by atoms with Gasteiger partial charge in [0.15, 0.2) is 0 Å². The van der Waals surface area contributed by atoms with E-state index in [1.54, 1.807) is 0 Å². The van der Waals surface area contributed by atoms with Gasteiger partial charge in [-0.1, -0.05) is 60.6 Å². The van der Waals surface area contributed by atoms with Gasteiger partial charge in [0.2, 0.25) is 0 Å². The van der Waals surface area contributed by atoms with Crippen molar-refractivity contribution in [3.05, 3.63) is 28.8 Å². The summed E-state index contributed by atoms with van der Waals surface area (Å²) in [5, 5.41) is 20.5. The normalized spacial score (nSPS) is 16.1. The molecular formula is C18H30O2. The molecule has 0 saturated carbocycles. The van der Waals surface area contributed by atoms with E-state index in [1.807, 2.05) is 26.0 Å². The van der Waals surface area contributed by atoms with Crippen LogP contribution in [0.1, 0.15) is 78.0 Å². The smallest absolute Gasteiger partial charge is 0.123 e. The van der Waals surface area contributed by atoms with Crippen LogP contribution in [-0.4, -0.2) is 16.3 Å². The van der Waals surface area contributed by atoms with Crippen LogP contribution in [0.3, 0.4) is 0 Å². The van der Waals surface area contributed by atoms with Gasteiger partial charge < -0.3 is 10.2 Å². The number of rotatable bonds is 2. The van der Waals surface area contributed by atoms with Gasteiger partial charge in [0, 0.05) is 5.92 Å². The molecule has 2 unspecified atom stereocenters. The van der Waals surface area contributed by atoms with Crippen LogP contribution < -0.4 is 0 Å². The van der Waals surface area contributed by atoms with Crippen molar-refractivity contribution in [2.24, 2.45) is 0 Å². The highest BCUT2D eigenvalue weighted by atomic mass is 16.3. The lowest BCUT2D eigenvalue weighted by molar-refractivity contribution is 0.169. The molecule has 0 amide bonds. The molecule has 0 aliphatic heterocycles. The van der Waals surface area contributed by atoms with Gasteiger partial charge in [0.25, 0.3) is 0 Å². The van der Waals surface area contributed by atoms with Gasteiger partial charge >= 0.3 is 0 Å². The van der Waals surface area contributed by atoms with E-state index in [0.29, 0.717) is 5.75 Å². The molecule has 1 aromatic rings. The quantitative estimate of drug-likeness (QED) is 0.838. The topological polar surface area (TPSA) is 40.5 Å². The fraction of sp³-hybridized carbons (Fsp3) is 0.667. The molecule has 0 fully saturated rings. The van der Waals surface area contributed by atoms with Crippen LogP contribution in [0.4, 0.5) is 0 Å². The highest BCUT2D eigenvalue weighted by Gasteiger charge is 2.28. The Labute approximate surface area is 123 Å². The first kappa shape index (κ1) is 17.0. The minimum Gasteiger partial charge on any atom is -0.507 e. The molecular weight excluding hydrogens is 248 g/mol. The Morgan fingerprint density at radius 3 is 1.45 bits per heavy atom. The number of benzene rings is 1. The summed E-state index contributed by atoms with van der Waals surface area (Å²) in [4.78, 5) is 0. The van der Waals surface area contributed by atoms with Crippen molar-refractivity contribution in [2.75, 3.05) is 0 Å².